The first-order chi connectivity index (χ1) is 8.27. The van der Waals surface area contributed by atoms with E-state index in [0.29, 0.717) is 23.0 Å². The molecule has 0 aliphatic heterocycles. The third-order valence-corrected chi connectivity index (χ3v) is 4.44. The Hall–Kier alpha value is -1.70. The van der Waals surface area contributed by atoms with Crippen molar-refractivity contribution < 1.29 is 9.59 Å². The van der Waals surface area contributed by atoms with Crippen molar-refractivity contribution in [2.45, 2.75) is 19.3 Å². The minimum Gasteiger partial charge on any atom is -0.289 e. The van der Waals surface area contributed by atoms with Crippen LogP contribution in [0.2, 0.25) is 0 Å². The summed E-state index contributed by atoms with van der Waals surface area (Å²) in [7, 11) is 0. The van der Waals surface area contributed by atoms with Crippen LogP contribution in [0.15, 0.2) is 35.4 Å². The number of rotatable bonds is 0. The zero-order chi connectivity index (χ0) is 11.6. The van der Waals surface area contributed by atoms with Crippen LogP contribution in [0.5, 0.6) is 0 Å². The van der Waals surface area contributed by atoms with E-state index in [1.165, 1.54) is 0 Å². The van der Waals surface area contributed by atoms with Crippen molar-refractivity contribution in [1.82, 2.24) is 0 Å². The van der Waals surface area contributed by atoms with E-state index < -0.39 is 0 Å². The zero-order valence-electron chi connectivity index (χ0n) is 9.40. The first-order valence-electron chi connectivity index (χ1n) is 6.20. The van der Waals surface area contributed by atoms with Crippen LogP contribution in [0.3, 0.4) is 0 Å². The fraction of sp³-hybridized carbons (Fsp3) is 0.333. The molecule has 17 heavy (non-hydrogen) atoms. The van der Waals surface area contributed by atoms with E-state index in [2.05, 4.69) is 0 Å². The van der Waals surface area contributed by atoms with Crippen LogP contribution in [-0.4, -0.2) is 11.6 Å². The van der Waals surface area contributed by atoms with Crippen LogP contribution >= 0.6 is 0 Å². The van der Waals surface area contributed by atoms with Crippen molar-refractivity contribution in [1.29, 1.82) is 0 Å². The number of hydrogen-bond acceptors (Lipinski definition) is 2. The number of hydrogen-bond donors (Lipinski definition) is 0. The summed E-state index contributed by atoms with van der Waals surface area (Å²) in [6, 6.07) is 7.24. The van der Waals surface area contributed by atoms with E-state index in [9.17, 15) is 9.59 Å². The van der Waals surface area contributed by atoms with Gasteiger partial charge in [-0.1, -0.05) is 24.3 Å². The molecule has 0 heterocycles. The Kier molecular flexibility index (Phi) is 1.62. The number of carbonyl (C=O) groups is 2. The van der Waals surface area contributed by atoms with Crippen LogP contribution in [0.1, 0.15) is 40.0 Å². The largest absolute Gasteiger partial charge is 0.289 e. The summed E-state index contributed by atoms with van der Waals surface area (Å²) in [6.45, 7) is 0. The average molecular weight is 224 g/mol. The molecule has 0 saturated heterocycles. The van der Waals surface area contributed by atoms with Crippen molar-refractivity contribution in [3.05, 3.63) is 46.5 Å². The maximum absolute atomic E-state index is 12.4. The molecular formula is C15H12O2. The average Bonchev–Trinajstić information content (AvgIpc) is 2.96. The standard InChI is InChI=1S/C15H12O2/c16-14-10-3-1-2-4-11(10)15(17)13-9-6-5-8(7-9)12(13)14/h1-4,8-9H,5-7H2. The van der Waals surface area contributed by atoms with E-state index in [4.69, 9.17) is 0 Å². The Morgan fingerprint density at radius 1 is 0.824 bits per heavy atom. The van der Waals surface area contributed by atoms with E-state index >= 15 is 0 Å². The minimum absolute atomic E-state index is 0.113. The molecule has 1 fully saturated rings. The summed E-state index contributed by atoms with van der Waals surface area (Å²) >= 11 is 0. The molecule has 1 aromatic carbocycles. The van der Waals surface area contributed by atoms with E-state index in [1.54, 1.807) is 12.1 Å². The minimum atomic E-state index is 0.113. The molecule has 0 amide bonds. The van der Waals surface area contributed by atoms with Gasteiger partial charge in [0, 0.05) is 22.3 Å². The summed E-state index contributed by atoms with van der Waals surface area (Å²) in [5.74, 6) is 0.949. The number of ketones is 2. The smallest absolute Gasteiger partial charge is 0.190 e. The molecule has 2 heteroatoms. The summed E-state index contributed by atoms with van der Waals surface area (Å²) in [6.07, 6.45) is 3.20. The highest BCUT2D eigenvalue weighted by Crippen LogP contribution is 2.52. The lowest BCUT2D eigenvalue weighted by atomic mass is 9.77. The van der Waals surface area contributed by atoms with E-state index in [1.807, 2.05) is 12.1 Å². The Morgan fingerprint density at radius 2 is 1.29 bits per heavy atom. The van der Waals surface area contributed by atoms with Crippen molar-refractivity contribution in [2.24, 2.45) is 11.8 Å². The Morgan fingerprint density at radius 3 is 1.76 bits per heavy atom. The highest BCUT2D eigenvalue weighted by molar-refractivity contribution is 6.27. The van der Waals surface area contributed by atoms with Gasteiger partial charge in [-0.05, 0) is 31.1 Å². The van der Waals surface area contributed by atoms with Gasteiger partial charge in [-0.25, -0.2) is 0 Å². The lowest BCUT2D eigenvalue weighted by Gasteiger charge is -2.23. The maximum Gasteiger partial charge on any atom is 0.190 e. The molecule has 4 rings (SSSR count). The predicted molar refractivity (Wildman–Crippen MR) is 63.0 cm³/mol. The second kappa shape index (κ2) is 2.95. The van der Waals surface area contributed by atoms with Crippen LogP contribution < -0.4 is 0 Å². The van der Waals surface area contributed by atoms with Gasteiger partial charge in [-0.15, -0.1) is 0 Å². The summed E-state index contributed by atoms with van der Waals surface area (Å²) in [4.78, 5) is 24.8. The Labute approximate surface area is 99.3 Å². The number of allylic oxidation sites excluding steroid dienone is 2. The Bertz CT molecular complexity index is 544. The summed E-state index contributed by atoms with van der Waals surface area (Å²) in [5, 5.41) is 0. The van der Waals surface area contributed by atoms with Crippen LogP contribution in [0.4, 0.5) is 0 Å². The van der Waals surface area contributed by atoms with Gasteiger partial charge in [0.1, 0.15) is 0 Å². The van der Waals surface area contributed by atoms with Gasteiger partial charge < -0.3 is 0 Å². The monoisotopic (exact) mass is 224 g/mol. The molecule has 0 N–H and O–H groups in total. The van der Waals surface area contributed by atoms with Gasteiger partial charge in [0.25, 0.3) is 0 Å². The highest BCUT2D eigenvalue weighted by atomic mass is 16.1. The zero-order valence-corrected chi connectivity index (χ0v) is 9.40. The maximum atomic E-state index is 12.4. The number of fused-ring (bicyclic) bond motifs is 5. The second-order valence-corrected chi connectivity index (χ2v) is 5.24. The van der Waals surface area contributed by atoms with Gasteiger partial charge in [0.15, 0.2) is 11.6 Å². The fourth-order valence-corrected chi connectivity index (χ4v) is 3.73. The SMILES string of the molecule is O=C1C2=C(C(=O)c3ccccc31)C1CCC2C1. The second-order valence-electron chi connectivity index (χ2n) is 5.24. The molecule has 0 aromatic heterocycles. The third-order valence-electron chi connectivity index (χ3n) is 4.44. The molecule has 84 valence electrons. The first kappa shape index (κ1) is 9.34. The lowest BCUT2D eigenvalue weighted by Crippen LogP contribution is -2.25. The molecule has 1 saturated carbocycles. The molecule has 2 nitrogen and oxygen atoms in total. The molecule has 3 aliphatic carbocycles. The molecule has 2 atom stereocenters. The number of benzene rings is 1. The summed E-state index contributed by atoms with van der Waals surface area (Å²) < 4.78 is 0. The third kappa shape index (κ3) is 1.01. The van der Waals surface area contributed by atoms with Gasteiger partial charge in [0.05, 0.1) is 0 Å². The normalized spacial score (nSPS) is 29.6. The van der Waals surface area contributed by atoms with Crippen molar-refractivity contribution in [3.63, 3.8) is 0 Å². The quantitative estimate of drug-likeness (QED) is 0.679. The topological polar surface area (TPSA) is 34.1 Å². The molecule has 0 spiro atoms. The van der Waals surface area contributed by atoms with Crippen molar-refractivity contribution in [2.75, 3.05) is 0 Å². The van der Waals surface area contributed by atoms with Gasteiger partial charge in [-0.2, -0.15) is 0 Å². The molecular weight excluding hydrogens is 212 g/mol. The number of carbonyl (C=O) groups excluding carboxylic acids is 2. The van der Waals surface area contributed by atoms with Gasteiger partial charge in [-0.3, -0.25) is 9.59 Å². The van der Waals surface area contributed by atoms with E-state index in [-0.39, 0.29) is 11.6 Å². The van der Waals surface area contributed by atoms with Gasteiger partial charge >= 0.3 is 0 Å². The highest BCUT2D eigenvalue weighted by Gasteiger charge is 2.47. The van der Waals surface area contributed by atoms with Crippen molar-refractivity contribution in [3.8, 4) is 0 Å². The lowest BCUT2D eigenvalue weighted by molar-refractivity contribution is 0.0963. The first-order valence-corrected chi connectivity index (χ1v) is 6.20. The van der Waals surface area contributed by atoms with Crippen LogP contribution in [0, 0.1) is 11.8 Å². The number of Topliss-reactive ketones (excluding diaryl/α,β-unsaturated/α-hetero) is 2. The van der Waals surface area contributed by atoms with Gasteiger partial charge in [0.2, 0.25) is 0 Å². The van der Waals surface area contributed by atoms with Crippen LogP contribution in [0.25, 0.3) is 0 Å². The molecule has 2 unspecified atom stereocenters. The predicted octanol–water partition coefficient (Wildman–Crippen LogP) is 2.79. The molecule has 1 aromatic rings. The van der Waals surface area contributed by atoms with E-state index in [0.717, 1.165) is 30.4 Å². The molecule has 3 aliphatic rings. The molecule has 2 bridgehead atoms. The van der Waals surface area contributed by atoms with Crippen molar-refractivity contribution >= 4 is 11.6 Å². The Balaban J connectivity index is 1.99. The van der Waals surface area contributed by atoms with Crippen LogP contribution in [-0.2, 0) is 0 Å². The summed E-state index contributed by atoms with van der Waals surface area (Å²) in [5.41, 5.74) is 2.93. The fourth-order valence-electron chi connectivity index (χ4n) is 3.73. The molecule has 0 radical (unpaired) electrons.